The molecule has 0 bridgehead atoms. The summed E-state index contributed by atoms with van der Waals surface area (Å²) in [6.45, 7) is 6.35. The minimum Gasteiger partial charge on any atom is -0.444 e. The van der Waals surface area contributed by atoms with Gasteiger partial charge in [0.1, 0.15) is 5.60 Å². The fourth-order valence-corrected chi connectivity index (χ4v) is 2.91. The predicted octanol–water partition coefficient (Wildman–Crippen LogP) is 3.43. The number of benzene rings is 1. The van der Waals surface area contributed by atoms with Crippen molar-refractivity contribution in [1.29, 1.82) is 0 Å². The number of amides is 1. The van der Waals surface area contributed by atoms with Gasteiger partial charge in [-0.3, -0.25) is 5.32 Å². The van der Waals surface area contributed by atoms with Crippen molar-refractivity contribution in [2.45, 2.75) is 64.1 Å². The van der Waals surface area contributed by atoms with Crippen molar-refractivity contribution in [3.05, 3.63) is 29.8 Å². The van der Waals surface area contributed by atoms with Gasteiger partial charge in [-0.2, -0.15) is 0 Å². The molecule has 1 aliphatic carbocycles. The summed E-state index contributed by atoms with van der Waals surface area (Å²) in [5, 5.41) is 15.9. The summed E-state index contributed by atoms with van der Waals surface area (Å²) >= 11 is 0. The Balaban J connectivity index is 1.93. The van der Waals surface area contributed by atoms with Crippen molar-refractivity contribution >= 4 is 11.8 Å². The Morgan fingerprint density at radius 1 is 1.30 bits per heavy atom. The Labute approximate surface area is 138 Å². The Morgan fingerprint density at radius 3 is 2.61 bits per heavy atom. The third kappa shape index (κ3) is 5.52. The molecule has 0 radical (unpaired) electrons. The molecule has 0 unspecified atom stereocenters. The zero-order valence-corrected chi connectivity index (χ0v) is 14.3. The van der Waals surface area contributed by atoms with Crippen molar-refractivity contribution < 1.29 is 14.6 Å². The molecule has 3 N–H and O–H groups in total. The molecule has 128 valence electrons. The first-order chi connectivity index (χ1) is 10.8. The van der Waals surface area contributed by atoms with Gasteiger partial charge in [0, 0.05) is 17.8 Å². The average Bonchev–Trinajstić information content (AvgIpc) is 2.93. The van der Waals surface area contributed by atoms with E-state index in [0.29, 0.717) is 12.2 Å². The lowest BCUT2D eigenvalue weighted by Crippen LogP contribution is -2.45. The lowest BCUT2D eigenvalue weighted by atomic mass is 9.98. The zero-order valence-electron chi connectivity index (χ0n) is 14.3. The van der Waals surface area contributed by atoms with Crippen LogP contribution in [0.5, 0.6) is 0 Å². The number of hydrogen-bond donors (Lipinski definition) is 3. The Bertz CT molecular complexity index is 531. The molecular formula is C18H28N2O3. The summed E-state index contributed by atoms with van der Waals surface area (Å²) in [6, 6.07) is 7.68. The normalized spacial score (nSPS) is 17.0. The lowest BCUT2D eigenvalue weighted by Gasteiger charge is -2.28. The molecule has 0 aromatic heterocycles. The molecule has 0 spiro atoms. The fourth-order valence-electron chi connectivity index (χ4n) is 2.91. The standard InChI is InChI=1S/C18H28N2O3/c1-17(2,3)23-16(22)20-15-8-6-7-14(11-15)12-19-18(13-21)9-4-5-10-18/h6-8,11,19,21H,4-5,9-10,12-13H2,1-3H3,(H,20,22). The van der Waals surface area contributed by atoms with E-state index in [2.05, 4.69) is 10.6 Å². The van der Waals surface area contributed by atoms with E-state index < -0.39 is 11.7 Å². The first-order valence-corrected chi connectivity index (χ1v) is 8.27. The number of carbonyl (C=O) groups is 1. The molecule has 0 atom stereocenters. The Hall–Kier alpha value is -1.59. The molecule has 1 saturated carbocycles. The summed E-state index contributed by atoms with van der Waals surface area (Å²) in [6.07, 6.45) is 3.89. The van der Waals surface area contributed by atoms with Gasteiger partial charge < -0.3 is 15.2 Å². The molecule has 1 aromatic carbocycles. The maximum Gasteiger partial charge on any atom is 0.412 e. The van der Waals surface area contributed by atoms with Gasteiger partial charge in [0.2, 0.25) is 0 Å². The largest absolute Gasteiger partial charge is 0.444 e. The number of rotatable bonds is 5. The van der Waals surface area contributed by atoms with E-state index in [9.17, 15) is 9.90 Å². The van der Waals surface area contributed by atoms with E-state index in [0.717, 1.165) is 31.2 Å². The molecule has 0 heterocycles. The minimum absolute atomic E-state index is 0.144. The van der Waals surface area contributed by atoms with Crippen LogP contribution in [0.3, 0.4) is 0 Å². The highest BCUT2D eigenvalue weighted by Gasteiger charge is 2.32. The van der Waals surface area contributed by atoms with E-state index in [-0.39, 0.29) is 12.1 Å². The van der Waals surface area contributed by atoms with Crippen LogP contribution < -0.4 is 10.6 Å². The minimum atomic E-state index is -0.515. The highest BCUT2D eigenvalue weighted by atomic mass is 16.6. The van der Waals surface area contributed by atoms with E-state index in [1.54, 1.807) is 0 Å². The summed E-state index contributed by atoms with van der Waals surface area (Å²) in [4.78, 5) is 11.8. The van der Waals surface area contributed by atoms with E-state index in [1.165, 1.54) is 0 Å². The number of carbonyl (C=O) groups excluding carboxylic acids is 1. The third-order valence-corrected chi connectivity index (χ3v) is 4.10. The second kappa shape index (κ2) is 7.32. The van der Waals surface area contributed by atoms with Crippen molar-refractivity contribution in [2.75, 3.05) is 11.9 Å². The quantitative estimate of drug-likeness (QED) is 0.777. The first kappa shape index (κ1) is 17.8. The van der Waals surface area contributed by atoms with Gasteiger partial charge in [0.15, 0.2) is 0 Å². The highest BCUT2D eigenvalue weighted by Crippen LogP contribution is 2.29. The maximum absolute atomic E-state index is 11.8. The Morgan fingerprint density at radius 2 is 2.00 bits per heavy atom. The number of ether oxygens (including phenoxy) is 1. The van der Waals surface area contributed by atoms with Gasteiger partial charge in [-0.15, -0.1) is 0 Å². The summed E-state index contributed by atoms with van der Waals surface area (Å²) in [5.41, 5.74) is 1.12. The van der Waals surface area contributed by atoms with Crippen LogP contribution in [-0.2, 0) is 11.3 Å². The molecule has 23 heavy (non-hydrogen) atoms. The first-order valence-electron chi connectivity index (χ1n) is 8.27. The van der Waals surface area contributed by atoms with Gasteiger partial charge in [-0.05, 0) is 51.3 Å². The van der Waals surface area contributed by atoms with E-state index >= 15 is 0 Å². The van der Waals surface area contributed by atoms with Crippen molar-refractivity contribution in [2.24, 2.45) is 0 Å². The zero-order chi connectivity index (χ0) is 16.9. The van der Waals surface area contributed by atoms with Crippen LogP contribution in [0.1, 0.15) is 52.0 Å². The van der Waals surface area contributed by atoms with Crippen LogP contribution in [-0.4, -0.2) is 28.9 Å². The summed E-state index contributed by atoms with van der Waals surface area (Å²) in [7, 11) is 0. The van der Waals surface area contributed by atoms with Crippen molar-refractivity contribution in [1.82, 2.24) is 5.32 Å². The topological polar surface area (TPSA) is 70.6 Å². The molecule has 1 aliphatic rings. The second-order valence-electron chi connectivity index (χ2n) is 7.33. The second-order valence-corrected chi connectivity index (χ2v) is 7.33. The highest BCUT2D eigenvalue weighted by molar-refractivity contribution is 5.84. The summed E-state index contributed by atoms with van der Waals surface area (Å²) < 4.78 is 5.26. The predicted molar refractivity (Wildman–Crippen MR) is 91.4 cm³/mol. The SMILES string of the molecule is CC(C)(C)OC(=O)Nc1cccc(CNC2(CO)CCCC2)c1. The van der Waals surface area contributed by atoms with Gasteiger partial charge in [-0.1, -0.05) is 25.0 Å². The smallest absolute Gasteiger partial charge is 0.412 e. The number of nitrogens with one attached hydrogen (secondary N) is 2. The molecule has 1 amide bonds. The number of aliphatic hydroxyl groups is 1. The molecule has 2 rings (SSSR count). The molecule has 1 aromatic rings. The molecule has 0 aliphatic heterocycles. The summed E-state index contributed by atoms with van der Waals surface area (Å²) in [5.74, 6) is 0. The fraction of sp³-hybridized carbons (Fsp3) is 0.611. The molecular weight excluding hydrogens is 292 g/mol. The molecule has 0 saturated heterocycles. The average molecular weight is 320 g/mol. The van der Waals surface area contributed by atoms with Crippen LogP contribution in [0.25, 0.3) is 0 Å². The van der Waals surface area contributed by atoms with Crippen molar-refractivity contribution in [3.63, 3.8) is 0 Å². The number of hydrogen-bond acceptors (Lipinski definition) is 4. The van der Waals surface area contributed by atoms with E-state index in [4.69, 9.17) is 4.74 Å². The number of aliphatic hydroxyl groups excluding tert-OH is 1. The molecule has 5 nitrogen and oxygen atoms in total. The van der Waals surface area contributed by atoms with Crippen molar-refractivity contribution in [3.8, 4) is 0 Å². The van der Waals surface area contributed by atoms with Gasteiger partial charge in [0.05, 0.1) is 6.61 Å². The Kier molecular flexibility index (Phi) is 5.65. The monoisotopic (exact) mass is 320 g/mol. The van der Waals surface area contributed by atoms with Gasteiger partial charge in [0.25, 0.3) is 0 Å². The van der Waals surface area contributed by atoms with Gasteiger partial charge in [-0.25, -0.2) is 4.79 Å². The van der Waals surface area contributed by atoms with Crippen LogP contribution in [0, 0.1) is 0 Å². The maximum atomic E-state index is 11.8. The van der Waals surface area contributed by atoms with Crippen LogP contribution in [0.4, 0.5) is 10.5 Å². The third-order valence-electron chi connectivity index (χ3n) is 4.10. The van der Waals surface area contributed by atoms with Gasteiger partial charge >= 0.3 is 6.09 Å². The van der Waals surface area contributed by atoms with Crippen LogP contribution in [0.2, 0.25) is 0 Å². The van der Waals surface area contributed by atoms with E-state index in [1.807, 2.05) is 45.0 Å². The number of anilines is 1. The van der Waals surface area contributed by atoms with Crippen LogP contribution >= 0.6 is 0 Å². The lowest BCUT2D eigenvalue weighted by molar-refractivity contribution is 0.0636. The molecule has 1 fully saturated rings. The van der Waals surface area contributed by atoms with Crippen LogP contribution in [0.15, 0.2) is 24.3 Å². The molecule has 5 heteroatoms.